The van der Waals surface area contributed by atoms with E-state index in [0.29, 0.717) is 0 Å². The number of aryl methyl sites for hydroxylation is 2. The van der Waals surface area contributed by atoms with Gasteiger partial charge in [-0.05, 0) is 13.3 Å². The highest BCUT2D eigenvalue weighted by atomic mass is 32.1. The molecule has 0 amide bonds. The number of hydrogen-bond donors (Lipinski definition) is 1. The molecule has 0 fully saturated rings. The summed E-state index contributed by atoms with van der Waals surface area (Å²) in [6.07, 6.45) is 4.48. The van der Waals surface area contributed by atoms with Gasteiger partial charge in [0.25, 0.3) is 0 Å². The monoisotopic (exact) mass is 193 g/mol. The molecule has 0 saturated carbocycles. The molecule has 0 radical (unpaired) electrons. The SMILES string of the molecule is CCc1nc(-c2cnc[nH]2)sc1C. The molecule has 0 spiro atoms. The van der Waals surface area contributed by atoms with Gasteiger partial charge < -0.3 is 4.98 Å². The first-order valence-electron chi connectivity index (χ1n) is 4.26. The number of thiazole rings is 1. The van der Waals surface area contributed by atoms with Gasteiger partial charge in [-0.2, -0.15) is 0 Å². The molecule has 0 unspecified atom stereocenters. The maximum absolute atomic E-state index is 4.52. The number of aromatic amines is 1. The number of nitrogens with one attached hydrogen (secondary N) is 1. The molecule has 1 N–H and O–H groups in total. The predicted molar refractivity (Wildman–Crippen MR) is 53.8 cm³/mol. The lowest BCUT2D eigenvalue weighted by Gasteiger charge is -1.87. The average molecular weight is 193 g/mol. The number of rotatable bonds is 2. The minimum absolute atomic E-state index is 0.996. The van der Waals surface area contributed by atoms with E-state index in [1.54, 1.807) is 23.9 Å². The van der Waals surface area contributed by atoms with E-state index in [4.69, 9.17) is 0 Å². The highest BCUT2D eigenvalue weighted by Crippen LogP contribution is 2.25. The van der Waals surface area contributed by atoms with Gasteiger partial charge in [-0.15, -0.1) is 11.3 Å². The van der Waals surface area contributed by atoms with E-state index in [-0.39, 0.29) is 0 Å². The third-order valence-corrected chi connectivity index (χ3v) is 3.00. The van der Waals surface area contributed by atoms with Crippen molar-refractivity contribution in [3.05, 3.63) is 23.1 Å². The molecule has 0 aromatic carbocycles. The highest BCUT2D eigenvalue weighted by Gasteiger charge is 2.07. The molecule has 2 rings (SSSR count). The largest absolute Gasteiger partial charge is 0.343 e. The van der Waals surface area contributed by atoms with E-state index < -0.39 is 0 Å². The molecule has 2 aromatic rings. The fourth-order valence-electron chi connectivity index (χ4n) is 1.24. The van der Waals surface area contributed by atoms with Gasteiger partial charge in [0.2, 0.25) is 0 Å². The van der Waals surface area contributed by atoms with Crippen LogP contribution in [0.25, 0.3) is 10.7 Å². The molecular weight excluding hydrogens is 182 g/mol. The predicted octanol–water partition coefficient (Wildman–Crippen LogP) is 2.40. The van der Waals surface area contributed by atoms with Gasteiger partial charge in [-0.3, -0.25) is 0 Å². The summed E-state index contributed by atoms with van der Waals surface area (Å²) in [4.78, 5) is 12.8. The molecule has 4 heteroatoms. The van der Waals surface area contributed by atoms with Gasteiger partial charge >= 0.3 is 0 Å². The van der Waals surface area contributed by atoms with E-state index in [1.165, 1.54) is 10.6 Å². The maximum Gasteiger partial charge on any atom is 0.141 e. The number of imidazole rings is 1. The summed E-state index contributed by atoms with van der Waals surface area (Å²) in [7, 11) is 0. The van der Waals surface area contributed by atoms with Crippen LogP contribution in [0, 0.1) is 6.92 Å². The molecule has 13 heavy (non-hydrogen) atoms. The van der Waals surface area contributed by atoms with Gasteiger partial charge in [-0.1, -0.05) is 6.92 Å². The molecule has 0 atom stereocenters. The summed E-state index contributed by atoms with van der Waals surface area (Å²) in [6.45, 7) is 4.23. The van der Waals surface area contributed by atoms with Gasteiger partial charge in [0.1, 0.15) is 5.01 Å². The molecule has 0 aliphatic carbocycles. The zero-order valence-electron chi connectivity index (χ0n) is 7.66. The molecule has 0 saturated heterocycles. The molecular formula is C9H11N3S. The minimum Gasteiger partial charge on any atom is -0.343 e. The molecule has 2 heterocycles. The molecule has 0 aliphatic heterocycles. The standard InChI is InChI=1S/C9H11N3S/c1-3-7-6(2)13-9(12-7)8-4-10-5-11-8/h4-5H,3H2,1-2H3,(H,10,11). The van der Waals surface area contributed by atoms with Crippen molar-refractivity contribution in [2.45, 2.75) is 20.3 Å². The maximum atomic E-state index is 4.52. The quantitative estimate of drug-likeness (QED) is 0.795. The molecule has 0 bridgehead atoms. The summed E-state index contributed by atoms with van der Waals surface area (Å²) in [5.74, 6) is 0. The average Bonchev–Trinajstić information content (AvgIpc) is 2.71. The topological polar surface area (TPSA) is 41.6 Å². The second-order valence-electron chi connectivity index (χ2n) is 2.84. The fraction of sp³-hybridized carbons (Fsp3) is 0.333. The van der Waals surface area contributed by atoms with E-state index in [1.807, 2.05) is 0 Å². The summed E-state index contributed by atoms with van der Waals surface area (Å²) in [6, 6.07) is 0. The van der Waals surface area contributed by atoms with E-state index in [2.05, 4.69) is 28.8 Å². The highest BCUT2D eigenvalue weighted by molar-refractivity contribution is 7.15. The Kier molecular flexibility index (Phi) is 2.14. The lowest BCUT2D eigenvalue weighted by Crippen LogP contribution is -1.82. The number of hydrogen-bond acceptors (Lipinski definition) is 3. The van der Waals surface area contributed by atoms with Gasteiger partial charge in [0.15, 0.2) is 0 Å². The van der Waals surface area contributed by atoms with Crippen molar-refractivity contribution in [3.63, 3.8) is 0 Å². The van der Waals surface area contributed by atoms with Crippen molar-refractivity contribution in [2.75, 3.05) is 0 Å². The van der Waals surface area contributed by atoms with Crippen LogP contribution in [0.1, 0.15) is 17.5 Å². The van der Waals surface area contributed by atoms with Crippen molar-refractivity contribution in [2.24, 2.45) is 0 Å². The zero-order valence-corrected chi connectivity index (χ0v) is 8.48. The van der Waals surface area contributed by atoms with Crippen LogP contribution in [-0.4, -0.2) is 15.0 Å². The second kappa shape index (κ2) is 3.30. The number of aromatic nitrogens is 3. The molecule has 3 nitrogen and oxygen atoms in total. The summed E-state index contributed by atoms with van der Waals surface area (Å²) < 4.78 is 0. The van der Waals surface area contributed by atoms with Crippen molar-refractivity contribution >= 4 is 11.3 Å². The van der Waals surface area contributed by atoms with Crippen LogP contribution in [0.15, 0.2) is 12.5 Å². The van der Waals surface area contributed by atoms with Crippen molar-refractivity contribution < 1.29 is 0 Å². The van der Waals surface area contributed by atoms with Gasteiger partial charge in [0, 0.05) is 4.88 Å². The first kappa shape index (κ1) is 8.44. The van der Waals surface area contributed by atoms with Crippen LogP contribution in [0.2, 0.25) is 0 Å². The Bertz CT molecular complexity index is 389. The Morgan fingerprint density at radius 2 is 2.38 bits per heavy atom. The smallest absolute Gasteiger partial charge is 0.141 e. The first-order valence-corrected chi connectivity index (χ1v) is 5.08. The molecule has 0 aliphatic rings. The van der Waals surface area contributed by atoms with Crippen molar-refractivity contribution in [1.82, 2.24) is 15.0 Å². The van der Waals surface area contributed by atoms with E-state index in [9.17, 15) is 0 Å². The Morgan fingerprint density at radius 1 is 1.54 bits per heavy atom. The van der Waals surface area contributed by atoms with E-state index >= 15 is 0 Å². The van der Waals surface area contributed by atoms with Crippen molar-refractivity contribution in [3.8, 4) is 10.7 Å². The minimum atomic E-state index is 0.996. The normalized spacial score (nSPS) is 10.6. The molecule has 68 valence electrons. The zero-order chi connectivity index (χ0) is 9.26. The Hall–Kier alpha value is -1.16. The first-order chi connectivity index (χ1) is 6.31. The van der Waals surface area contributed by atoms with Crippen LogP contribution >= 0.6 is 11.3 Å². The van der Waals surface area contributed by atoms with Crippen LogP contribution in [-0.2, 0) is 6.42 Å². The van der Waals surface area contributed by atoms with Crippen molar-refractivity contribution in [1.29, 1.82) is 0 Å². The Balaban J connectivity index is 2.43. The number of H-pyrrole nitrogens is 1. The Morgan fingerprint density at radius 3 is 2.92 bits per heavy atom. The second-order valence-corrected chi connectivity index (χ2v) is 4.04. The third-order valence-electron chi connectivity index (χ3n) is 1.96. The molecule has 2 aromatic heterocycles. The van der Waals surface area contributed by atoms with Gasteiger partial charge in [-0.25, -0.2) is 9.97 Å². The van der Waals surface area contributed by atoms with Crippen LogP contribution in [0.4, 0.5) is 0 Å². The van der Waals surface area contributed by atoms with Gasteiger partial charge in [0.05, 0.1) is 23.9 Å². The Labute approximate surface area is 80.9 Å². The lowest BCUT2D eigenvalue weighted by molar-refractivity contribution is 1.04. The van der Waals surface area contributed by atoms with E-state index in [0.717, 1.165) is 17.1 Å². The summed E-state index contributed by atoms with van der Waals surface area (Å²) in [5.41, 5.74) is 2.20. The third kappa shape index (κ3) is 1.49. The fourth-order valence-corrected chi connectivity index (χ4v) is 2.22. The lowest BCUT2D eigenvalue weighted by atomic mass is 10.3. The summed E-state index contributed by atoms with van der Waals surface area (Å²) in [5, 5.41) is 1.03. The van der Waals surface area contributed by atoms with Crippen LogP contribution in [0.5, 0.6) is 0 Å². The summed E-state index contributed by atoms with van der Waals surface area (Å²) >= 11 is 1.71. The number of nitrogens with zero attached hydrogens (tertiary/aromatic N) is 2. The van der Waals surface area contributed by atoms with Crippen LogP contribution in [0.3, 0.4) is 0 Å². The van der Waals surface area contributed by atoms with Crippen LogP contribution < -0.4 is 0 Å².